The molecular formula is C19H17F2NO4. The van der Waals surface area contributed by atoms with E-state index in [9.17, 15) is 18.4 Å². The fraction of sp³-hybridized carbons (Fsp3) is 0.263. The van der Waals surface area contributed by atoms with Crippen molar-refractivity contribution in [2.24, 2.45) is 11.8 Å². The Hall–Kier alpha value is -2.96. The normalized spacial score (nSPS) is 19.2. The summed E-state index contributed by atoms with van der Waals surface area (Å²) >= 11 is 0. The lowest BCUT2D eigenvalue weighted by Crippen LogP contribution is -2.29. The molecule has 1 aliphatic carbocycles. The van der Waals surface area contributed by atoms with Crippen molar-refractivity contribution in [3.63, 3.8) is 0 Å². The van der Waals surface area contributed by atoms with Crippen LogP contribution in [0.25, 0.3) is 0 Å². The molecule has 1 aliphatic rings. The fourth-order valence-electron chi connectivity index (χ4n) is 3.10. The van der Waals surface area contributed by atoms with Gasteiger partial charge in [-0.2, -0.15) is 0 Å². The van der Waals surface area contributed by atoms with Crippen LogP contribution < -0.4 is 10.1 Å². The van der Waals surface area contributed by atoms with E-state index in [4.69, 9.17) is 9.84 Å². The summed E-state index contributed by atoms with van der Waals surface area (Å²) in [5, 5.41) is 11.9. The number of carboxylic acid groups (broad SMARTS) is 1. The summed E-state index contributed by atoms with van der Waals surface area (Å²) < 4.78 is 31.8. The van der Waals surface area contributed by atoms with E-state index in [0.29, 0.717) is 30.7 Å². The van der Waals surface area contributed by atoms with Crippen molar-refractivity contribution >= 4 is 17.6 Å². The van der Waals surface area contributed by atoms with E-state index in [1.807, 2.05) is 0 Å². The Morgan fingerprint density at radius 3 is 2.38 bits per heavy atom. The Balaban J connectivity index is 1.64. The number of aliphatic carboxylic acids is 1. The monoisotopic (exact) mass is 361 g/mol. The van der Waals surface area contributed by atoms with Crippen LogP contribution >= 0.6 is 0 Å². The molecule has 0 radical (unpaired) electrons. The third kappa shape index (κ3) is 3.99. The number of ether oxygens (including phenoxy) is 1. The number of carboxylic acids is 1. The van der Waals surface area contributed by atoms with E-state index < -0.39 is 29.4 Å². The van der Waals surface area contributed by atoms with Crippen LogP contribution in [0.4, 0.5) is 14.5 Å². The molecule has 2 aromatic rings. The van der Waals surface area contributed by atoms with Gasteiger partial charge in [0.25, 0.3) is 0 Å². The second-order valence-corrected chi connectivity index (χ2v) is 6.17. The molecule has 3 rings (SSSR count). The molecule has 1 fully saturated rings. The Labute approximate surface area is 148 Å². The van der Waals surface area contributed by atoms with Crippen molar-refractivity contribution in [3.05, 3.63) is 54.1 Å². The molecule has 1 amide bonds. The highest BCUT2D eigenvalue weighted by Crippen LogP contribution is 2.33. The van der Waals surface area contributed by atoms with Gasteiger partial charge in [-0.1, -0.05) is 6.42 Å². The average molecular weight is 361 g/mol. The van der Waals surface area contributed by atoms with Gasteiger partial charge in [-0.15, -0.1) is 0 Å². The molecule has 0 saturated heterocycles. The van der Waals surface area contributed by atoms with E-state index in [2.05, 4.69) is 5.32 Å². The third-order valence-electron chi connectivity index (χ3n) is 4.41. The van der Waals surface area contributed by atoms with Crippen molar-refractivity contribution in [1.82, 2.24) is 0 Å². The van der Waals surface area contributed by atoms with Crippen LogP contribution in [0.15, 0.2) is 42.5 Å². The molecule has 0 spiro atoms. The smallest absolute Gasteiger partial charge is 0.307 e. The van der Waals surface area contributed by atoms with Crippen molar-refractivity contribution < 1.29 is 28.2 Å². The summed E-state index contributed by atoms with van der Waals surface area (Å²) in [6.07, 6.45) is 1.77. The maximum Gasteiger partial charge on any atom is 0.307 e. The lowest BCUT2D eigenvalue weighted by molar-refractivity contribution is -0.145. The van der Waals surface area contributed by atoms with Gasteiger partial charge >= 0.3 is 5.97 Å². The Kier molecular flexibility index (Phi) is 5.16. The highest BCUT2D eigenvalue weighted by Gasteiger charge is 2.37. The summed E-state index contributed by atoms with van der Waals surface area (Å²) in [5.74, 6) is -3.78. The van der Waals surface area contributed by atoms with Gasteiger partial charge in [-0.25, -0.2) is 8.78 Å². The fourth-order valence-corrected chi connectivity index (χ4v) is 3.10. The number of carbonyl (C=O) groups excluding carboxylic acids is 1. The Bertz CT molecular complexity index is 823. The SMILES string of the molecule is O=C(O)C1CCCC1C(=O)Nc1ccc(Oc2ccc(F)cc2F)cc1. The number of hydrogen-bond donors (Lipinski definition) is 2. The number of carbonyl (C=O) groups is 2. The molecular weight excluding hydrogens is 344 g/mol. The lowest BCUT2D eigenvalue weighted by Gasteiger charge is -2.15. The van der Waals surface area contributed by atoms with Gasteiger partial charge in [0.05, 0.1) is 11.8 Å². The zero-order valence-electron chi connectivity index (χ0n) is 13.7. The van der Waals surface area contributed by atoms with Crippen LogP contribution in [0.1, 0.15) is 19.3 Å². The number of benzene rings is 2. The molecule has 0 heterocycles. The summed E-state index contributed by atoms with van der Waals surface area (Å²) in [6.45, 7) is 0. The quantitative estimate of drug-likeness (QED) is 0.837. The average Bonchev–Trinajstić information content (AvgIpc) is 3.09. The van der Waals surface area contributed by atoms with Crippen LogP contribution in [0.5, 0.6) is 11.5 Å². The number of anilines is 1. The van der Waals surface area contributed by atoms with Gasteiger partial charge in [0, 0.05) is 11.8 Å². The van der Waals surface area contributed by atoms with Gasteiger partial charge < -0.3 is 15.2 Å². The van der Waals surface area contributed by atoms with Gasteiger partial charge in [-0.3, -0.25) is 9.59 Å². The van der Waals surface area contributed by atoms with Gasteiger partial charge in [-0.05, 0) is 49.2 Å². The zero-order chi connectivity index (χ0) is 18.7. The van der Waals surface area contributed by atoms with Crippen LogP contribution in [-0.2, 0) is 9.59 Å². The van der Waals surface area contributed by atoms with E-state index in [0.717, 1.165) is 12.1 Å². The maximum atomic E-state index is 13.6. The molecule has 26 heavy (non-hydrogen) atoms. The minimum atomic E-state index is -0.951. The number of hydrogen-bond acceptors (Lipinski definition) is 3. The molecule has 0 aromatic heterocycles. The highest BCUT2D eigenvalue weighted by molar-refractivity contribution is 5.95. The largest absolute Gasteiger partial charge is 0.481 e. The van der Waals surface area contributed by atoms with Crippen molar-refractivity contribution in [1.29, 1.82) is 0 Å². The molecule has 5 nitrogen and oxygen atoms in total. The van der Waals surface area contributed by atoms with E-state index in [1.54, 1.807) is 12.1 Å². The number of nitrogens with one attached hydrogen (secondary N) is 1. The predicted molar refractivity (Wildman–Crippen MR) is 90.0 cm³/mol. The topological polar surface area (TPSA) is 75.6 Å². The number of amides is 1. The van der Waals surface area contributed by atoms with Crippen molar-refractivity contribution in [3.8, 4) is 11.5 Å². The lowest BCUT2D eigenvalue weighted by atomic mass is 9.95. The number of rotatable bonds is 5. The van der Waals surface area contributed by atoms with Crippen LogP contribution in [0.2, 0.25) is 0 Å². The van der Waals surface area contributed by atoms with Crippen LogP contribution in [0.3, 0.4) is 0 Å². The minimum absolute atomic E-state index is 0.113. The van der Waals surface area contributed by atoms with Crippen molar-refractivity contribution in [2.75, 3.05) is 5.32 Å². The molecule has 0 bridgehead atoms. The first-order chi connectivity index (χ1) is 12.4. The predicted octanol–water partition coefficient (Wildman–Crippen LogP) is 4.20. The zero-order valence-corrected chi connectivity index (χ0v) is 13.7. The standard InChI is InChI=1S/C19H17F2NO4/c20-11-4-9-17(16(21)10-11)26-13-7-5-12(6-8-13)22-18(23)14-2-1-3-15(14)19(24)25/h4-10,14-15H,1-3H2,(H,22,23)(H,24,25). The first kappa shape index (κ1) is 17.8. The second-order valence-electron chi connectivity index (χ2n) is 6.17. The van der Waals surface area contributed by atoms with Crippen LogP contribution in [0, 0.1) is 23.5 Å². The van der Waals surface area contributed by atoms with Crippen LogP contribution in [-0.4, -0.2) is 17.0 Å². The van der Waals surface area contributed by atoms with Gasteiger partial charge in [0.1, 0.15) is 11.6 Å². The highest BCUT2D eigenvalue weighted by atomic mass is 19.1. The molecule has 7 heteroatoms. The van der Waals surface area contributed by atoms with Crippen molar-refractivity contribution in [2.45, 2.75) is 19.3 Å². The summed E-state index contributed by atoms with van der Waals surface area (Å²) in [7, 11) is 0. The molecule has 2 unspecified atom stereocenters. The van der Waals surface area contributed by atoms with E-state index >= 15 is 0 Å². The maximum absolute atomic E-state index is 13.6. The van der Waals surface area contributed by atoms with E-state index in [1.165, 1.54) is 18.2 Å². The third-order valence-corrected chi connectivity index (χ3v) is 4.41. The Morgan fingerprint density at radius 2 is 1.73 bits per heavy atom. The first-order valence-electron chi connectivity index (χ1n) is 8.20. The molecule has 1 saturated carbocycles. The number of halogens is 2. The molecule has 136 valence electrons. The van der Waals surface area contributed by atoms with E-state index in [-0.39, 0.29) is 11.7 Å². The summed E-state index contributed by atoms with van der Waals surface area (Å²) in [5.41, 5.74) is 0.484. The molecule has 0 aliphatic heterocycles. The second kappa shape index (κ2) is 7.51. The minimum Gasteiger partial charge on any atom is -0.481 e. The first-order valence-corrected chi connectivity index (χ1v) is 8.20. The molecule has 2 aromatic carbocycles. The Morgan fingerprint density at radius 1 is 1.04 bits per heavy atom. The summed E-state index contributed by atoms with van der Waals surface area (Å²) in [4.78, 5) is 23.5. The summed E-state index contributed by atoms with van der Waals surface area (Å²) in [6, 6.07) is 9.20. The molecule has 2 atom stereocenters. The van der Waals surface area contributed by atoms with Gasteiger partial charge in [0.2, 0.25) is 5.91 Å². The van der Waals surface area contributed by atoms with Gasteiger partial charge in [0.15, 0.2) is 11.6 Å². The molecule has 2 N–H and O–H groups in total.